The topological polar surface area (TPSA) is 51.0 Å². The number of carbonyl (C=O) groups excluding carboxylic acids is 1. The molecule has 1 aliphatic rings. The monoisotopic (exact) mass is 288 g/mol. The van der Waals surface area contributed by atoms with Crippen LogP contribution >= 0.6 is 11.3 Å². The Balaban J connectivity index is 1.64. The van der Waals surface area contributed by atoms with Gasteiger partial charge in [-0.25, -0.2) is 0 Å². The van der Waals surface area contributed by atoms with Crippen molar-refractivity contribution < 1.29 is 4.79 Å². The molecule has 0 spiro atoms. The Morgan fingerprint density at radius 2 is 2.30 bits per heavy atom. The summed E-state index contributed by atoms with van der Waals surface area (Å²) in [6.45, 7) is 1.49. The molecule has 0 bridgehead atoms. The first-order valence-corrected chi connectivity index (χ1v) is 7.57. The molecule has 3 rings (SSSR count). The normalized spacial score (nSPS) is 19.0. The van der Waals surface area contributed by atoms with Gasteiger partial charge in [-0.1, -0.05) is 6.07 Å². The first kappa shape index (κ1) is 13.1. The Morgan fingerprint density at radius 3 is 3.05 bits per heavy atom. The number of rotatable bonds is 4. The lowest BCUT2D eigenvalue weighted by Gasteiger charge is -2.22. The lowest BCUT2D eigenvalue weighted by Crippen LogP contribution is -2.37. The number of carbonyl (C=O) groups is 1. The van der Waals surface area contributed by atoms with E-state index in [2.05, 4.69) is 10.2 Å². The van der Waals surface area contributed by atoms with Crippen LogP contribution in [0.5, 0.6) is 0 Å². The maximum atomic E-state index is 12.3. The molecule has 2 aromatic heterocycles. The average molecular weight is 288 g/mol. The predicted molar refractivity (Wildman–Crippen MR) is 78.1 cm³/mol. The Morgan fingerprint density at radius 1 is 1.45 bits per heavy atom. The zero-order valence-electron chi connectivity index (χ0n) is 11.1. The molecule has 2 aromatic rings. The van der Waals surface area contributed by atoms with Crippen LogP contribution in [0.3, 0.4) is 0 Å². The van der Waals surface area contributed by atoms with Crippen molar-refractivity contribution in [3.05, 3.63) is 40.9 Å². The lowest BCUT2D eigenvalue weighted by molar-refractivity contribution is -0.127. The van der Waals surface area contributed by atoms with E-state index in [1.54, 1.807) is 34.6 Å². The van der Waals surface area contributed by atoms with Gasteiger partial charge in [-0.3, -0.25) is 4.79 Å². The predicted octanol–water partition coefficient (Wildman–Crippen LogP) is 2.04. The molecule has 3 heterocycles. The van der Waals surface area contributed by atoms with E-state index in [9.17, 15) is 4.79 Å². The zero-order chi connectivity index (χ0) is 13.8. The van der Waals surface area contributed by atoms with Crippen LogP contribution in [0.1, 0.15) is 17.7 Å². The van der Waals surface area contributed by atoms with Crippen molar-refractivity contribution in [3.8, 4) is 0 Å². The number of aromatic nitrogens is 3. The van der Waals surface area contributed by atoms with Crippen LogP contribution in [-0.4, -0.2) is 38.4 Å². The molecule has 1 aliphatic heterocycles. The van der Waals surface area contributed by atoms with Crippen LogP contribution < -0.4 is 0 Å². The van der Waals surface area contributed by atoms with Gasteiger partial charge in [-0.15, -0.1) is 11.3 Å². The second-order valence-corrected chi connectivity index (χ2v) is 5.74. The van der Waals surface area contributed by atoms with Crippen molar-refractivity contribution >= 4 is 23.3 Å². The molecule has 0 radical (unpaired) electrons. The number of hydrogen-bond donors (Lipinski definition) is 0. The Hall–Kier alpha value is -1.95. The third-order valence-corrected chi connectivity index (χ3v) is 4.27. The Kier molecular flexibility index (Phi) is 3.92. The van der Waals surface area contributed by atoms with Crippen molar-refractivity contribution in [2.75, 3.05) is 6.54 Å². The summed E-state index contributed by atoms with van der Waals surface area (Å²) < 4.78 is 0. The van der Waals surface area contributed by atoms with Gasteiger partial charge in [0, 0.05) is 17.5 Å². The summed E-state index contributed by atoms with van der Waals surface area (Å²) in [6.07, 6.45) is 8.94. The molecular formula is C14H16N4OS. The zero-order valence-corrected chi connectivity index (χ0v) is 11.9. The van der Waals surface area contributed by atoms with Crippen molar-refractivity contribution in [1.29, 1.82) is 0 Å². The minimum atomic E-state index is 0.0769. The highest BCUT2D eigenvalue weighted by atomic mass is 32.1. The summed E-state index contributed by atoms with van der Waals surface area (Å²) in [5.74, 6) is 0.0769. The van der Waals surface area contributed by atoms with E-state index < -0.39 is 0 Å². The van der Waals surface area contributed by atoms with Gasteiger partial charge in [-0.2, -0.15) is 15.0 Å². The third kappa shape index (κ3) is 2.96. The molecule has 104 valence electrons. The van der Waals surface area contributed by atoms with Crippen molar-refractivity contribution in [2.24, 2.45) is 0 Å². The van der Waals surface area contributed by atoms with E-state index in [1.807, 2.05) is 28.5 Å². The van der Waals surface area contributed by atoms with Gasteiger partial charge < -0.3 is 4.90 Å². The fourth-order valence-corrected chi connectivity index (χ4v) is 3.10. The van der Waals surface area contributed by atoms with Gasteiger partial charge >= 0.3 is 0 Å². The summed E-state index contributed by atoms with van der Waals surface area (Å²) in [7, 11) is 0. The van der Waals surface area contributed by atoms with Crippen LogP contribution in [0, 0.1) is 0 Å². The maximum Gasteiger partial charge on any atom is 0.246 e. The molecule has 1 fully saturated rings. The van der Waals surface area contributed by atoms with E-state index in [0.29, 0.717) is 6.54 Å². The molecule has 1 atom stereocenters. The summed E-state index contributed by atoms with van der Waals surface area (Å²) in [5, 5.41) is 10.2. The highest BCUT2D eigenvalue weighted by molar-refractivity contribution is 7.10. The fourth-order valence-electron chi connectivity index (χ4n) is 2.48. The average Bonchev–Trinajstić information content (AvgIpc) is 3.19. The van der Waals surface area contributed by atoms with Crippen molar-refractivity contribution in [3.63, 3.8) is 0 Å². The molecule has 1 saturated heterocycles. The first-order chi connectivity index (χ1) is 9.83. The van der Waals surface area contributed by atoms with Crippen LogP contribution in [0.2, 0.25) is 0 Å². The van der Waals surface area contributed by atoms with Crippen LogP contribution in [0.4, 0.5) is 0 Å². The number of likely N-dealkylation sites (tertiary alicyclic amines) is 1. The first-order valence-electron chi connectivity index (χ1n) is 6.69. The van der Waals surface area contributed by atoms with Crippen molar-refractivity contribution in [1.82, 2.24) is 19.9 Å². The summed E-state index contributed by atoms with van der Waals surface area (Å²) in [4.78, 5) is 16.9. The molecule has 0 N–H and O–H groups in total. The molecule has 20 heavy (non-hydrogen) atoms. The van der Waals surface area contributed by atoms with E-state index >= 15 is 0 Å². The molecular weight excluding hydrogens is 272 g/mol. The summed E-state index contributed by atoms with van der Waals surface area (Å²) in [6, 6.07) is 4.18. The quantitative estimate of drug-likeness (QED) is 0.809. The second kappa shape index (κ2) is 6.00. The summed E-state index contributed by atoms with van der Waals surface area (Å²) in [5.41, 5.74) is 0. The Bertz CT molecular complexity index is 576. The highest BCUT2D eigenvalue weighted by Crippen LogP contribution is 2.19. The van der Waals surface area contributed by atoms with Gasteiger partial charge in [0.1, 0.15) is 0 Å². The Labute approximate surface area is 121 Å². The largest absolute Gasteiger partial charge is 0.334 e. The van der Waals surface area contributed by atoms with Crippen LogP contribution in [0.15, 0.2) is 36.0 Å². The number of thiophene rings is 1. The second-order valence-electron chi connectivity index (χ2n) is 4.76. The van der Waals surface area contributed by atoms with Crippen LogP contribution in [-0.2, 0) is 11.3 Å². The molecule has 0 aliphatic carbocycles. The SMILES string of the molecule is O=C(C=Cc1cccs1)N1CCCC1Cn1nccn1. The summed E-state index contributed by atoms with van der Waals surface area (Å²) >= 11 is 1.63. The molecule has 6 heteroatoms. The number of hydrogen-bond acceptors (Lipinski definition) is 4. The van der Waals surface area contributed by atoms with Crippen LogP contribution in [0.25, 0.3) is 6.08 Å². The molecule has 0 saturated carbocycles. The van der Waals surface area contributed by atoms with E-state index in [1.165, 1.54) is 0 Å². The minimum Gasteiger partial charge on any atom is -0.334 e. The molecule has 0 aromatic carbocycles. The van der Waals surface area contributed by atoms with Gasteiger partial charge in [0.15, 0.2) is 0 Å². The van der Waals surface area contributed by atoms with Crippen molar-refractivity contribution in [2.45, 2.75) is 25.4 Å². The molecule has 1 unspecified atom stereocenters. The van der Waals surface area contributed by atoms with E-state index in [-0.39, 0.29) is 11.9 Å². The molecule has 5 nitrogen and oxygen atoms in total. The van der Waals surface area contributed by atoms with Gasteiger partial charge in [0.2, 0.25) is 5.91 Å². The third-order valence-electron chi connectivity index (χ3n) is 3.43. The van der Waals surface area contributed by atoms with Gasteiger partial charge in [0.25, 0.3) is 0 Å². The standard InChI is InChI=1S/C14H16N4OS/c19-14(6-5-13-4-2-10-20-13)17-9-1-3-12(17)11-18-15-7-8-16-18/h2,4-8,10,12H,1,3,9,11H2. The van der Waals surface area contributed by atoms with Gasteiger partial charge in [-0.05, 0) is 30.4 Å². The van der Waals surface area contributed by atoms with E-state index in [4.69, 9.17) is 0 Å². The maximum absolute atomic E-state index is 12.3. The van der Waals surface area contributed by atoms with Gasteiger partial charge in [0.05, 0.1) is 25.0 Å². The number of amides is 1. The highest BCUT2D eigenvalue weighted by Gasteiger charge is 2.28. The minimum absolute atomic E-state index is 0.0769. The number of nitrogens with zero attached hydrogens (tertiary/aromatic N) is 4. The fraction of sp³-hybridized carbons (Fsp3) is 0.357. The smallest absolute Gasteiger partial charge is 0.246 e. The lowest BCUT2D eigenvalue weighted by atomic mass is 10.2. The molecule has 1 amide bonds. The van der Waals surface area contributed by atoms with E-state index in [0.717, 1.165) is 24.3 Å².